The normalized spacial score (nSPS) is 13.0. The number of fused-ring (bicyclic) bond motifs is 2. The third kappa shape index (κ3) is 37.8. The Hall–Kier alpha value is -2.90. The minimum Gasteiger partial charge on any atom is -0.206 e. The Bertz CT molecular complexity index is 4410. The summed E-state index contributed by atoms with van der Waals surface area (Å²) in [6.07, 6.45) is 88.2. The fraction of sp³-hybridized carbons (Fsp3) is 0.690. The average molecular weight is 2080 g/mol. The lowest BCUT2D eigenvalue weighted by Crippen LogP contribution is -2.05. The van der Waals surface area contributed by atoms with Crippen molar-refractivity contribution in [2.75, 3.05) is 0 Å². The van der Waals surface area contributed by atoms with E-state index >= 15 is 8.78 Å². The summed E-state index contributed by atoms with van der Waals surface area (Å²) in [6.45, 7) is 18.5. The van der Waals surface area contributed by atoms with Crippen LogP contribution in [0.1, 0.15) is 489 Å². The Morgan fingerprint density at radius 2 is 0.439 bits per heavy atom. The third-order valence-corrected chi connectivity index (χ3v) is 39.0. The number of thiophene rings is 6. The van der Waals surface area contributed by atoms with Crippen molar-refractivity contribution in [2.45, 2.75) is 492 Å². The summed E-state index contributed by atoms with van der Waals surface area (Å²) in [7, 11) is 0. The van der Waals surface area contributed by atoms with Gasteiger partial charge < -0.3 is 0 Å². The monoisotopic (exact) mass is 2070 g/mol. The van der Waals surface area contributed by atoms with Crippen molar-refractivity contribution in [3.05, 3.63) is 102 Å². The van der Waals surface area contributed by atoms with Gasteiger partial charge >= 0.3 is 0 Å². The van der Waals surface area contributed by atoms with Gasteiger partial charge in [-0.2, -0.15) is 17.5 Å². The lowest BCUT2D eigenvalue weighted by atomic mass is 9.88. The molecule has 0 bridgehead atoms. The van der Waals surface area contributed by atoms with Gasteiger partial charge in [0.15, 0.2) is 0 Å². The molecule has 0 aliphatic carbocycles. The smallest absolute Gasteiger partial charge is 0.134 e. The number of rotatable bonds is 79. The number of halogens is 4. The predicted octanol–water partition coefficient (Wildman–Crippen LogP) is 45.3. The van der Waals surface area contributed by atoms with Crippen LogP contribution in [0.4, 0.5) is 8.78 Å². The predicted molar refractivity (Wildman–Crippen MR) is 599 cm³/mol. The molecule has 0 saturated carbocycles. The summed E-state index contributed by atoms with van der Waals surface area (Å²) in [5.41, 5.74) is 11.3. The topological polar surface area (TPSA) is 51.6 Å². The van der Waals surface area contributed by atoms with Crippen LogP contribution in [0.2, 0.25) is 0 Å². The quantitative estimate of drug-likeness (QED) is 0.0357. The molecule has 132 heavy (non-hydrogen) atoms. The van der Waals surface area contributed by atoms with Crippen LogP contribution in [0, 0.1) is 35.3 Å². The third-order valence-electron chi connectivity index (χ3n) is 28.8. The first-order valence-corrected chi connectivity index (χ1v) is 62.8. The SMILES string of the molecule is CCCCCCCCCCC(CCCCCCCC)Cc1cc(-c2cc(F)c(-c3cc(CC(CCCCCCCC)CCCCCCCCCC)c(-c4ccc(-c5ccc(-c6sc(-c7c(F)cc(-c8cc(CC(CCCCCCCC)CCCCCCCCCC)c(Br)s8)c8nsnc78)cc6CC(CCCCCCCC)CCCCCCCCCC)s5)s4)s3)c3nsnc23)sc1Br. The highest BCUT2D eigenvalue weighted by atomic mass is 79.9. The Morgan fingerprint density at radius 1 is 0.227 bits per heavy atom. The highest BCUT2D eigenvalue weighted by Crippen LogP contribution is 2.53. The molecule has 0 saturated heterocycles. The summed E-state index contributed by atoms with van der Waals surface area (Å²) in [4.78, 5) is 11.6. The van der Waals surface area contributed by atoms with Crippen LogP contribution in [0.25, 0.3) is 93.1 Å². The summed E-state index contributed by atoms with van der Waals surface area (Å²) in [6, 6.07) is 22.7. The first kappa shape index (κ1) is 111. The summed E-state index contributed by atoms with van der Waals surface area (Å²) < 4.78 is 59.0. The van der Waals surface area contributed by atoms with Crippen LogP contribution in [0.5, 0.6) is 0 Å². The minimum atomic E-state index is -0.209. The van der Waals surface area contributed by atoms with Crippen LogP contribution >= 0.6 is 123 Å². The van der Waals surface area contributed by atoms with Crippen LogP contribution < -0.4 is 0 Å². The van der Waals surface area contributed by atoms with Gasteiger partial charge in [-0.3, -0.25) is 0 Å². The van der Waals surface area contributed by atoms with Crippen molar-refractivity contribution in [1.29, 1.82) is 0 Å². The Morgan fingerprint density at radius 3 is 0.689 bits per heavy atom. The van der Waals surface area contributed by atoms with Crippen LogP contribution in [0.3, 0.4) is 0 Å². The van der Waals surface area contributed by atoms with Gasteiger partial charge in [0.05, 0.1) is 42.2 Å². The van der Waals surface area contributed by atoms with E-state index in [0.717, 1.165) is 67.4 Å². The van der Waals surface area contributed by atoms with Crippen molar-refractivity contribution >= 4 is 145 Å². The van der Waals surface area contributed by atoms with E-state index in [1.165, 1.54) is 493 Å². The first-order valence-electron chi connectivity index (χ1n) is 54.8. The van der Waals surface area contributed by atoms with Crippen molar-refractivity contribution < 1.29 is 8.78 Å². The van der Waals surface area contributed by atoms with Gasteiger partial charge in [-0.1, -0.05) is 466 Å². The Balaban J connectivity index is 0.988. The van der Waals surface area contributed by atoms with Gasteiger partial charge in [0, 0.05) is 59.9 Å². The molecule has 16 heteroatoms. The van der Waals surface area contributed by atoms with E-state index in [4.69, 9.17) is 17.5 Å². The van der Waals surface area contributed by atoms with Gasteiger partial charge in [0.1, 0.15) is 33.7 Å². The Labute approximate surface area is 852 Å². The van der Waals surface area contributed by atoms with E-state index < -0.39 is 0 Å². The van der Waals surface area contributed by atoms with E-state index in [2.05, 4.69) is 136 Å². The van der Waals surface area contributed by atoms with Gasteiger partial charge in [-0.15, -0.1) is 68.0 Å². The molecule has 4 unspecified atom stereocenters. The Kier molecular flexibility index (Phi) is 55.5. The first-order chi connectivity index (χ1) is 64.9. The maximum atomic E-state index is 18.2. The van der Waals surface area contributed by atoms with E-state index in [0.29, 0.717) is 45.8 Å². The van der Waals surface area contributed by atoms with Crippen LogP contribution in [0.15, 0.2) is 68.2 Å². The van der Waals surface area contributed by atoms with Gasteiger partial charge in [0.2, 0.25) is 0 Å². The molecule has 734 valence electrons. The number of hydrogen-bond donors (Lipinski definition) is 0. The standard InChI is InChI=1S/C116H174Br2F2N4S8/c1-9-17-25-33-41-45-53-61-67-87(65-57-49-37-29-21-13-5)77-91-81-105(107-97(119)85-95(109-111(107)123-131-121-109)103-83-93(115(117)129-103)79-89(69-59-51-39-31-23-15-7)71-63-55-47-43-35-27-19-11-3)127-113(91)101-75-73-99(125-101)100-74-76-102(126-100)114-92(78-88(66-58-50-38-30-22-14-6)68-62-54-46-42-34-26-18-10-2)82-106(128-114)108-98(120)86-96(110-112(108)124-132-122-110)104-84-94(116(118)130-104)80-90(70-60-52-40-32-24-16-8)72-64-56-48-44-36-28-20-12-4/h73-76,81-90H,9-72,77-80H2,1-8H3. The molecule has 0 radical (unpaired) electrons. The molecule has 0 N–H and O–H groups in total. The summed E-state index contributed by atoms with van der Waals surface area (Å²) in [5.74, 6) is 1.94. The number of hydrogen-bond acceptors (Lipinski definition) is 12. The van der Waals surface area contributed by atoms with E-state index in [-0.39, 0.29) is 11.6 Å². The maximum Gasteiger partial charge on any atom is 0.134 e. The molecule has 10 rings (SSSR count). The van der Waals surface area contributed by atoms with Crippen LogP contribution in [-0.4, -0.2) is 17.5 Å². The molecule has 0 aliphatic heterocycles. The molecule has 0 amide bonds. The fourth-order valence-corrected chi connectivity index (χ4v) is 30.3. The number of nitrogens with zero attached hydrogens (tertiary/aromatic N) is 4. The van der Waals surface area contributed by atoms with Gasteiger partial charge in [0.25, 0.3) is 0 Å². The highest BCUT2D eigenvalue weighted by Gasteiger charge is 2.30. The van der Waals surface area contributed by atoms with Crippen molar-refractivity contribution in [1.82, 2.24) is 17.5 Å². The van der Waals surface area contributed by atoms with Crippen molar-refractivity contribution in [3.63, 3.8) is 0 Å². The van der Waals surface area contributed by atoms with E-state index in [1.54, 1.807) is 45.3 Å². The zero-order valence-electron chi connectivity index (χ0n) is 83.7. The largest absolute Gasteiger partial charge is 0.206 e. The fourth-order valence-electron chi connectivity index (χ4n) is 20.8. The van der Waals surface area contributed by atoms with Crippen LogP contribution in [-0.2, 0) is 25.7 Å². The maximum absolute atomic E-state index is 18.2. The summed E-state index contributed by atoms with van der Waals surface area (Å²) >= 11 is 21.5. The second-order valence-electron chi connectivity index (χ2n) is 40.1. The highest BCUT2D eigenvalue weighted by molar-refractivity contribution is 9.11. The molecule has 8 heterocycles. The molecule has 2 aromatic carbocycles. The molecular weight excluding hydrogens is 1900 g/mol. The van der Waals surface area contributed by atoms with E-state index in [1.807, 2.05) is 34.8 Å². The lowest BCUT2D eigenvalue weighted by molar-refractivity contribution is 0.400. The van der Waals surface area contributed by atoms with Crippen molar-refractivity contribution in [2.24, 2.45) is 23.7 Å². The molecule has 0 fully saturated rings. The van der Waals surface area contributed by atoms with E-state index in [9.17, 15) is 0 Å². The zero-order chi connectivity index (χ0) is 93.0. The number of benzene rings is 2. The summed E-state index contributed by atoms with van der Waals surface area (Å²) in [5, 5.41) is 0. The number of aromatic nitrogens is 4. The molecule has 0 spiro atoms. The molecule has 0 aliphatic rings. The van der Waals surface area contributed by atoms with Crippen molar-refractivity contribution in [3.8, 4) is 71.0 Å². The lowest BCUT2D eigenvalue weighted by Gasteiger charge is -2.17. The molecular formula is C116H174Br2F2N4S8. The zero-order valence-corrected chi connectivity index (χ0v) is 93.4. The molecule has 4 nitrogen and oxygen atoms in total. The second kappa shape index (κ2) is 66.0. The number of unbranched alkanes of at least 4 members (excludes halogenated alkanes) is 48. The average Bonchev–Trinajstić information content (AvgIpc) is 1.60. The van der Waals surface area contributed by atoms with Gasteiger partial charge in [-0.25, -0.2) is 8.78 Å². The minimum absolute atomic E-state index is 0.209. The molecule has 8 aromatic heterocycles. The van der Waals surface area contributed by atoms with Gasteiger partial charge in [-0.05, 0) is 164 Å². The molecule has 4 atom stereocenters. The second-order valence-corrected chi connectivity index (χ2v) is 50.2. The molecule has 10 aromatic rings.